The van der Waals surface area contributed by atoms with Crippen LogP contribution in [-0.4, -0.2) is 65.6 Å². The van der Waals surface area contributed by atoms with Crippen LogP contribution < -0.4 is 5.32 Å². The molecule has 7 nitrogen and oxygen atoms in total. The van der Waals surface area contributed by atoms with Gasteiger partial charge in [0.15, 0.2) is 0 Å². The van der Waals surface area contributed by atoms with Crippen molar-refractivity contribution in [2.45, 2.75) is 31.4 Å². The third-order valence-corrected chi connectivity index (χ3v) is 3.74. The zero-order valence-electron chi connectivity index (χ0n) is 10.7. The number of rotatable bonds is 3. The van der Waals surface area contributed by atoms with Gasteiger partial charge in [-0.2, -0.15) is 0 Å². The predicted molar refractivity (Wildman–Crippen MR) is 65.7 cm³/mol. The molecule has 0 aromatic carbocycles. The van der Waals surface area contributed by atoms with E-state index in [9.17, 15) is 9.59 Å². The molecular weight excluding hydrogens is 252 g/mol. The lowest BCUT2D eigenvalue weighted by Crippen LogP contribution is -2.52. The van der Waals surface area contributed by atoms with E-state index in [1.165, 1.54) is 0 Å². The maximum atomic E-state index is 12.0. The number of carboxylic acid groups (broad SMARTS) is 1. The van der Waals surface area contributed by atoms with E-state index in [0.29, 0.717) is 39.0 Å². The van der Waals surface area contributed by atoms with Crippen LogP contribution in [0.4, 0.5) is 4.79 Å². The van der Waals surface area contributed by atoms with Crippen molar-refractivity contribution in [2.24, 2.45) is 5.92 Å². The lowest BCUT2D eigenvalue weighted by Gasteiger charge is -2.32. The van der Waals surface area contributed by atoms with E-state index >= 15 is 0 Å². The summed E-state index contributed by atoms with van der Waals surface area (Å²) in [5.74, 6) is -1.14. The Hall–Kier alpha value is -1.34. The van der Waals surface area contributed by atoms with Crippen LogP contribution in [0.25, 0.3) is 0 Å². The Kier molecular flexibility index (Phi) is 4.60. The summed E-state index contributed by atoms with van der Waals surface area (Å²) in [5, 5.41) is 20.8. The topological polar surface area (TPSA) is 99.1 Å². The smallest absolute Gasteiger partial charge is 0.317 e. The Bertz CT molecular complexity index is 349. The lowest BCUT2D eigenvalue weighted by atomic mass is 10.1. The fraction of sp³-hybridized carbons (Fsp3) is 0.833. The van der Waals surface area contributed by atoms with E-state index < -0.39 is 5.97 Å². The number of morpholine rings is 1. The number of aliphatic hydroxyl groups excluding tert-OH is 1. The summed E-state index contributed by atoms with van der Waals surface area (Å²) in [7, 11) is 0. The SMILES string of the molecule is O=C(O)C1CCC(NC(=O)N2CCOC(CO)C2)C1. The Morgan fingerprint density at radius 2 is 2.16 bits per heavy atom. The second kappa shape index (κ2) is 6.21. The molecule has 3 unspecified atom stereocenters. The Balaban J connectivity index is 1.79. The number of carboxylic acids is 1. The zero-order chi connectivity index (χ0) is 13.8. The highest BCUT2D eigenvalue weighted by molar-refractivity contribution is 5.75. The molecule has 0 bridgehead atoms. The van der Waals surface area contributed by atoms with Crippen LogP contribution in [0, 0.1) is 5.92 Å². The third kappa shape index (κ3) is 3.57. The van der Waals surface area contributed by atoms with E-state index in [1.807, 2.05) is 0 Å². The van der Waals surface area contributed by atoms with Crippen LogP contribution in [0.1, 0.15) is 19.3 Å². The summed E-state index contributed by atoms with van der Waals surface area (Å²) in [6.07, 6.45) is 1.49. The highest BCUT2D eigenvalue weighted by Crippen LogP contribution is 2.25. The second-order valence-electron chi connectivity index (χ2n) is 5.12. The first kappa shape index (κ1) is 14.1. The molecule has 108 valence electrons. The molecule has 19 heavy (non-hydrogen) atoms. The minimum Gasteiger partial charge on any atom is -0.481 e. The molecule has 2 aliphatic rings. The standard InChI is InChI=1S/C12H20N2O5/c15-7-10-6-14(3-4-19-10)12(18)13-9-2-1-8(5-9)11(16)17/h8-10,15H,1-7H2,(H,13,18)(H,16,17). The van der Waals surface area contributed by atoms with Gasteiger partial charge >= 0.3 is 12.0 Å². The van der Waals surface area contributed by atoms with Gasteiger partial charge < -0.3 is 25.2 Å². The number of hydrogen-bond acceptors (Lipinski definition) is 4. The van der Waals surface area contributed by atoms with Gasteiger partial charge in [-0.25, -0.2) is 4.79 Å². The first-order chi connectivity index (χ1) is 9.10. The van der Waals surface area contributed by atoms with E-state index in [2.05, 4.69) is 5.32 Å². The van der Waals surface area contributed by atoms with Gasteiger partial charge in [-0.3, -0.25) is 4.79 Å². The molecule has 0 spiro atoms. The number of aliphatic hydroxyl groups is 1. The summed E-state index contributed by atoms with van der Waals surface area (Å²) >= 11 is 0. The number of carbonyl (C=O) groups is 2. The average molecular weight is 272 g/mol. The third-order valence-electron chi connectivity index (χ3n) is 3.74. The van der Waals surface area contributed by atoms with Crippen molar-refractivity contribution in [3.63, 3.8) is 0 Å². The van der Waals surface area contributed by atoms with Crippen LogP contribution >= 0.6 is 0 Å². The van der Waals surface area contributed by atoms with Gasteiger partial charge in [-0.05, 0) is 19.3 Å². The van der Waals surface area contributed by atoms with Gasteiger partial charge in [-0.1, -0.05) is 0 Å². The number of aliphatic carboxylic acids is 1. The Labute approximate surface area is 111 Å². The first-order valence-electron chi connectivity index (χ1n) is 6.61. The van der Waals surface area contributed by atoms with Crippen molar-refractivity contribution in [1.29, 1.82) is 0 Å². The minimum atomic E-state index is -0.788. The van der Waals surface area contributed by atoms with Crippen LogP contribution in [0.2, 0.25) is 0 Å². The summed E-state index contributed by atoms with van der Waals surface area (Å²) in [5.41, 5.74) is 0. The zero-order valence-corrected chi connectivity index (χ0v) is 10.7. The minimum absolute atomic E-state index is 0.0657. The van der Waals surface area contributed by atoms with Gasteiger partial charge in [0, 0.05) is 12.6 Å². The molecule has 2 amide bonds. The van der Waals surface area contributed by atoms with Crippen molar-refractivity contribution in [1.82, 2.24) is 10.2 Å². The van der Waals surface area contributed by atoms with Crippen molar-refractivity contribution < 1.29 is 24.5 Å². The molecule has 3 atom stereocenters. The van der Waals surface area contributed by atoms with E-state index in [1.54, 1.807) is 4.90 Å². The molecule has 2 fully saturated rings. The molecule has 3 N–H and O–H groups in total. The van der Waals surface area contributed by atoms with E-state index in [0.717, 1.165) is 0 Å². The van der Waals surface area contributed by atoms with Crippen molar-refractivity contribution in [2.75, 3.05) is 26.3 Å². The quantitative estimate of drug-likeness (QED) is 0.652. The largest absolute Gasteiger partial charge is 0.481 e. The summed E-state index contributed by atoms with van der Waals surface area (Å²) in [4.78, 5) is 24.5. The second-order valence-corrected chi connectivity index (χ2v) is 5.12. The molecule has 0 aromatic rings. The predicted octanol–water partition coefficient (Wildman–Crippen LogP) is -0.358. The summed E-state index contributed by atoms with van der Waals surface area (Å²) in [6.45, 7) is 1.18. The van der Waals surface area contributed by atoms with Gasteiger partial charge in [0.2, 0.25) is 0 Å². The van der Waals surface area contributed by atoms with Gasteiger partial charge in [0.05, 0.1) is 31.8 Å². The number of ether oxygens (including phenoxy) is 1. The number of carbonyl (C=O) groups excluding carboxylic acids is 1. The molecule has 1 saturated heterocycles. The van der Waals surface area contributed by atoms with Crippen LogP contribution in [-0.2, 0) is 9.53 Å². The maximum Gasteiger partial charge on any atom is 0.317 e. The highest BCUT2D eigenvalue weighted by atomic mass is 16.5. The number of nitrogens with one attached hydrogen (secondary N) is 1. The number of hydrogen-bond donors (Lipinski definition) is 3. The summed E-state index contributed by atoms with van der Waals surface area (Å²) in [6, 6.07) is -0.262. The molecule has 0 radical (unpaired) electrons. The molecule has 0 aromatic heterocycles. The summed E-state index contributed by atoms with van der Waals surface area (Å²) < 4.78 is 5.28. The Morgan fingerprint density at radius 1 is 1.37 bits per heavy atom. The van der Waals surface area contributed by atoms with Crippen molar-refractivity contribution in [3.8, 4) is 0 Å². The maximum absolute atomic E-state index is 12.0. The van der Waals surface area contributed by atoms with Gasteiger partial charge in [-0.15, -0.1) is 0 Å². The van der Waals surface area contributed by atoms with Crippen LogP contribution in [0.3, 0.4) is 0 Å². The van der Waals surface area contributed by atoms with Crippen molar-refractivity contribution >= 4 is 12.0 Å². The monoisotopic (exact) mass is 272 g/mol. The number of amides is 2. The highest BCUT2D eigenvalue weighted by Gasteiger charge is 2.32. The first-order valence-corrected chi connectivity index (χ1v) is 6.61. The van der Waals surface area contributed by atoms with E-state index in [4.69, 9.17) is 14.9 Å². The van der Waals surface area contributed by atoms with Crippen LogP contribution in [0.15, 0.2) is 0 Å². The van der Waals surface area contributed by atoms with Gasteiger partial charge in [0.25, 0.3) is 0 Å². The molecule has 7 heteroatoms. The Morgan fingerprint density at radius 3 is 2.79 bits per heavy atom. The molecule has 1 saturated carbocycles. The molecular formula is C12H20N2O5. The lowest BCUT2D eigenvalue weighted by molar-refractivity contribution is -0.141. The molecule has 1 aliphatic heterocycles. The average Bonchev–Trinajstić information content (AvgIpc) is 2.87. The molecule has 2 rings (SSSR count). The number of urea groups is 1. The molecule has 1 aliphatic carbocycles. The molecule has 1 heterocycles. The van der Waals surface area contributed by atoms with Gasteiger partial charge in [0.1, 0.15) is 0 Å². The number of nitrogens with zero attached hydrogens (tertiary/aromatic N) is 1. The fourth-order valence-electron chi connectivity index (χ4n) is 2.62. The van der Waals surface area contributed by atoms with E-state index in [-0.39, 0.29) is 30.7 Å². The van der Waals surface area contributed by atoms with Crippen LogP contribution in [0.5, 0.6) is 0 Å². The normalized spacial score (nSPS) is 31.2. The van der Waals surface area contributed by atoms with Crippen molar-refractivity contribution in [3.05, 3.63) is 0 Å². The fourth-order valence-corrected chi connectivity index (χ4v) is 2.62.